The first kappa shape index (κ1) is 22.0. The largest absolute Gasteiger partial charge is 0.462 e. The summed E-state index contributed by atoms with van der Waals surface area (Å²) >= 11 is 4.24. The summed E-state index contributed by atoms with van der Waals surface area (Å²) < 4.78 is 6.96. The quantitative estimate of drug-likeness (QED) is 0.404. The van der Waals surface area contributed by atoms with Crippen LogP contribution < -0.4 is 5.32 Å². The Morgan fingerprint density at radius 2 is 2.10 bits per heavy atom. The first-order valence-corrected chi connectivity index (χ1v) is 12.7. The maximum atomic E-state index is 12.4. The number of fused-ring (bicyclic) bond motifs is 1. The van der Waals surface area contributed by atoms with E-state index in [0.717, 1.165) is 35.6 Å². The predicted octanol–water partition coefficient (Wildman–Crippen LogP) is 4.09. The highest BCUT2D eigenvalue weighted by molar-refractivity contribution is 7.99. The second-order valence-electron chi connectivity index (χ2n) is 7.11. The minimum atomic E-state index is -0.422. The Labute approximate surface area is 192 Å². The van der Waals surface area contributed by atoms with Gasteiger partial charge in [-0.3, -0.25) is 4.79 Å². The zero-order valence-electron chi connectivity index (χ0n) is 17.6. The van der Waals surface area contributed by atoms with Crippen molar-refractivity contribution in [3.8, 4) is 11.4 Å². The van der Waals surface area contributed by atoms with Crippen LogP contribution in [0, 0.1) is 6.92 Å². The number of aromatic nitrogens is 4. The molecule has 0 spiro atoms. The number of nitrogens with zero attached hydrogens (tertiary/aromatic N) is 4. The summed E-state index contributed by atoms with van der Waals surface area (Å²) in [4.78, 5) is 30.4. The summed E-state index contributed by atoms with van der Waals surface area (Å²) in [5.74, 6) is 0.374. The van der Waals surface area contributed by atoms with Crippen molar-refractivity contribution in [2.45, 2.75) is 44.7 Å². The van der Waals surface area contributed by atoms with Crippen molar-refractivity contribution in [2.24, 2.45) is 7.05 Å². The third kappa shape index (κ3) is 4.68. The van der Waals surface area contributed by atoms with Crippen LogP contribution in [-0.4, -0.2) is 44.0 Å². The highest BCUT2D eigenvalue weighted by atomic mass is 32.2. The molecule has 3 aromatic heterocycles. The molecule has 1 aliphatic rings. The third-order valence-corrected chi connectivity index (χ3v) is 8.14. The Morgan fingerprint density at radius 3 is 2.90 bits per heavy atom. The number of anilines is 1. The summed E-state index contributed by atoms with van der Waals surface area (Å²) in [6.45, 7) is 3.76. The van der Waals surface area contributed by atoms with Gasteiger partial charge in [-0.25, -0.2) is 9.78 Å². The zero-order valence-corrected chi connectivity index (χ0v) is 20.0. The molecule has 0 bridgehead atoms. The van der Waals surface area contributed by atoms with E-state index in [4.69, 9.17) is 4.74 Å². The average molecular weight is 478 g/mol. The molecule has 31 heavy (non-hydrogen) atoms. The smallest absolute Gasteiger partial charge is 0.350 e. The molecule has 0 radical (unpaired) electrons. The summed E-state index contributed by atoms with van der Waals surface area (Å²) in [5, 5.41) is 14.7. The average Bonchev–Trinajstić information content (AvgIpc) is 3.43. The number of thiophene rings is 1. The number of rotatable bonds is 7. The first-order valence-electron chi connectivity index (χ1n) is 10.0. The Balaban J connectivity index is 1.39. The fourth-order valence-electron chi connectivity index (χ4n) is 3.48. The zero-order chi connectivity index (χ0) is 22.0. The van der Waals surface area contributed by atoms with Crippen molar-refractivity contribution in [3.63, 3.8) is 0 Å². The van der Waals surface area contributed by atoms with Crippen molar-refractivity contribution >= 4 is 51.4 Å². The van der Waals surface area contributed by atoms with Crippen LogP contribution >= 0.6 is 34.4 Å². The van der Waals surface area contributed by atoms with E-state index in [1.54, 1.807) is 25.2 Å². The number of thiazole rings is 1. The molecule has 0 atom stereocenters. The highest BCUT2D eigenvalue weighted by Crippen LogP contribution is 2.36. The fraction of sp³-hybridized carbons (Fsp3) is 0.450. The van der Waals surface area contributed by atoms with Gasteiger partial charge in [-0.1, -0.05) is 23.1 Å². The summed E-state index contributed by atoms with van der Waals surface area (Å²) in [6, 6.07) is 0. The molecular weight excluding hydrogens is 454 g/mol. The predicted molar refractivity (Wildman–Crippen MR) is 123 cm³/mol. The van der Waals surface area contributed by atoms with E-state index in [1.807, 2.05) is 11.6 Å². The molecule has 4 rings (SSSR count). The van der Waals surface area contributed by atoms with E-state index in [9.17, 15) is 9.59 Å². The van der Waals surface area contributed by atoms with Crippen LogP contribution in [-0.2, 0) is 29.4 Å². The number of hydrogen-bond acceptors (Lipinski definition) is 9. The first-order chi connectivity index (χ1) is 15.0. The number of hydrogen-bond donors (Lipinski definition) is 1. The topological polar surface area (TPSA) is 99.0 Å². The minimum Gasteiger partial charge on any atom is -0.462 e. The van der Waals surface area contributed by atoms with E-state index < -0.39 is 5.97 Å². The van der Waals surface area contributed by atoms with Gasteiger partial charge in [-0.05, 0) is 45.1 Å². The lowest BCUT2D eigenvalue weighted by Crippen LogP contribution is -2.14. The van der Waals surface area contributed by atoms with Gasteiger partial charge < -0.3 is 14.6 Å². The Morgan fingerprint density at radius 1 is 1.29 bits per heavy atom. The summed E-state index contributed by atoms with van der Waals surface area (Å²) in [6.07, 6.45) is 4.70. The van der Waals surface area contributed by atoms with Crippen molar-refractivity contribution in [2.75, 3.05) is 17.7 Å². The summed E-state index contributed by atoms with van der Waals surface area (Å²) in [5.41, 5.74) is 3.11. The second-order valence-corrected chi connectivity index (χ2v) is 10.0. The van der Waals surface area contributed by atoms with Crippen molar-refractivity contribution in [1.29, 1.82) is 0 Å². The Bertz CT molecular complexity index is 1120. The van der Waals surface area contributed by atoms with Crippen molar-refractivity contribution in [3.05, 3.63) is 26.4 Å². The van der Waals surface area contributed by atoms with Crippen LogP contribution in [0.2, 0.25) is 0 Å². The number of carbonyl (C=O) groups is 2. The van der Waals surface area contributed by atoms with Crippen LogP contribution in [0.15, 0.2) is 10.5 Å². The molecule has 8 nitrogen and oxygen atoms in total. The highest BCUT2D eigenvalue weighted by Gasteiger charge is 2.22. The molecule has 0 saturated carbocycles. The number of carbonyl (C=O) groups excluding carboxylic acids is 2. The summed E-state index contributed by atoms with van der Waals surface area (Å²) in [7, 11) is 1.93. The van der Waals surface area contributed by atoms with Gasteiger partial charge in [-0.15, -0.1) is 21.5 Å². The number of amides is 1. The Kier molecular flexibility index (Phi) is 6.73. The van der Waals surface area contributed by atoms with Gasteiger partial charge in [0.25, 0.3) is 0 Å². The van der Waals surface area contributed by atoms with Crippen LogP contribution in [0.25, 0.3) is 11.4 Å². The molecule has 0 unspecified atom stereocenters. The maximum absolute atomic E-state index is 12.4. The van der Waals surface area contributed by atoms with Crippen molar-refractivity contribution < 1.29 is 14.3 Å². The molecule has 1 aliphatic carbocycles. The molecule has 3 aromatic rings. The Hall–Kier alpha value is -2.24. The van der Waals surface area contributed by atoms with Crippen LogP contribution in [0.4, 0.5) is 5.13 Å². The van der Waals surface area contributed by atoms with E-state index in [-0.39, 0.29) is 11.7 Å². The molecule has 11 heteroatoms. The number of thioether (sulfide) groups is 1. The van der Waals surface area contributed by atoms with Crippen molar-refractivity contribution in [1.82, 2.24) is 19.7 Å². The lowest BCUT2D eigenvalue weighted by atomic mass is 9.96. The van der Waals surface area contributed by atoms with E-state index in [1.165, 1.54) is 35.0 Å². The normalized spacial score (nSPS) is 13.1. The molecule has 164 valence electrons. The number of nitrogens with one attached hydrogen (secondary N) is 1. The van der Waals surface area contributed by atoms with Gasteiger partial charge in [0.1, 0.15) is 4.88 Å². The van der Waals surface area contributed by atoms with Gasteiger partial charge in [0.15, 0.2) is 16.1 Å². The third-order valence-electron chi connectivity index (χ3n) is 4.97. The minimum absolute atomic E-state index is 0.168. The number of ether oxygens (including phenoxy) is 1. The maximum Gasteiger partial charge on any atom is 0.350 e. The molecule has 0 aliphatic heterocycles. The van der Waals surface area contributed by atoms with Gasteiger partial charge in [-0.2, -0.15) is 0 Å². The van der Waals surface area contributed by atoms with E-state index in [0.29, 0.717) is 27.5 Å². The van der Waals surface area contributed by atoms with Crippen LogP contribution in [0.5, 0.6) is 0 Å². The SMILES string of the molecule is CCOC(=O)c1sc(NC(=O)CSc2nnc(-c3csc4c3CCCC4)n2C)nc1C. The van der Waals surface area contributed by atoms with Gasteiger partial charge in [0, 0.05) is 22.9 Å². The number of aryl methyl sites for hydroxylation is 2. The van der Waals surface area contributed by atoms with Crippen LogP contribution in [0.1, 0.15) is 45.6 Å². The molecule has 1 N–H and O–H groups in total. The van der Waals surface area contributed by atoms with E-state index in [2.05, 4.69) is 25.9 Å². The number of esters is 1. The van der Waals surface area contributed by atoms with E-state index >= 15 is 0 Å². The molecule has 1 amide bonds. The lowest BCUT2D eigenvalue weighted by Gasteiger charge is -2.12. The fourth-order valence-corrected chi connectivity index (χ4v) is 6.19. The standard InChI is InChI=1S/C20H23N5O3S3/c1-4-28-18(27)16-11(2)21-19(31-16)22-15(26)10-30-20-24-23-17(25(20)3)13-9-29-14-8-6-5-7-12(13)14/h9H,4-8,10H2,1-3H3,(H,21,22,26). The monoisotopic (exact) mass is 477 g/mol. The molecule has 0 saturated heterocycles. The molecule has 0 fully saturated rings. The molecular formula is C20H23N5O3S3. The molecule has 3 heterocycles. The molecule has 0 aromatic carbocycles. The van der Waals surface area contributed by atoms with Gasteiger partial charge >= 0.3 is 5.97 Å². The van der Waals surface area contributed by atoms with Gasteiger partial charge in [0.2, 0.25) is 5.91 Å². The van der Waals surface area contributed by atoms with Gasteiger partial charge in [0.05, 0.1) is 18.1 Å². The van der Waals surface area contributed by atoms with Crippen LogP contribution in [0.3, 0.4) is 0 Å². The lowest BCUT2D eigenvalue weighted by molar-refractivity contribution is -0.113. The second kappa shape index (κ2) is 9.49.